The minimum Gasteiger partial charge on any atom is -0.497 e. The highest BCUT2D eigenvalue weighted by molar-refractivity contribution is 5.85. The number of benzene rings is 2. The molecule has 202 valence electrons. The molecule has 1 fully saturated rings. The van der Waals surface area contributed by atoms with Crippen molar-refractivity contribution in [1.82, 2.24) is 24.6 Å². The van der Waals surface area contributed by atoms with E-state index in [2.05, 4.69) is 58.0 Å². The van der Waals surface area contributed by atoms with Crippen LogP contribution in [0.25, 0.3) is 22.3 Å². The summed E-state index contributed by atoms with van der Waals surface area (Å²) in [6, 6.07) is 12.6. The van der Waals surface area contributed by atoms with Crippen molar-refractivity contribution in [2.45, 2.75) is 39.2 Å². The Hall–Kier alpha value is -3.36. The molecule has 0 atom stereocenters. The van der Waals surface area contributed by atoms with Crippen molar-refractivity contribution in [2.24, 2.45) is 0 Å². The second-order valence-corrected chi connectivity index (χ2v) is 9.86. The second-order valence-electron chi connectivity index (χ2n) is 9.86. The number of anilines is 2. The summed E-state index contributed by atoms with van der Waals surface area (Å²) in [4.78, 5) is 14.5. The molecule has 0 bridgehead atoms. The molecule has 0 spiro atoms. The molecule has 4 aromatic rings. The van der Waals surface area contributed by atoms with E-state index in [-0.39, 0.29) is 12.4 Å². The van der Waals surface area contributed by atoms with Crippen molar-refractivity contribution in [2.75, 3.05) is 45.3 Å². The zero-order valence-electron chi connectivity index (χ0n) is 22.6. The molecule has 0 unspecified atom stereocenters. The van der Waals surface area contributed by atoms with Gasteiger partial charge in [-0.05, 0) is 70.9 Å². The molecule has 0 N–H and O–H groups in total. The van der Waals surface area contributed by atoms with Crippen molar-refractivity contribution in [3.05, 3.63) is 55.0 Å². The van der Waals surface area contributed by atoms with Crippen LogP contribution in [0.3, 0.4) is 0 Å². The summed E-state index contributed by atoms with van der Waals surface area (Å²) < 4.78 is 13.1. The number of hydrogen-bond acceptors (Lipinski definition) is 7. The number of hydrogen-bond donors (Lipinski definition) is 0. The van der Waals surface area contributed by atoms with Gasteiger partial charge in [0.1, 0.15) is 11.5 Å². The first-order valence-corrected chi connectivity index (χ1v) is 13.1. The van der Waals surface area contributed by atoms with Gasteiger partial charge in [0, 0.05) is 53.9 Å². The maximum atomic E-state index is 5.58. The minimum atomic E-state index is 0. The predicted octanol–water partition coefficient (Wildman–Crippen LogP) is 6.14. The van der Waals surface area contributed by atoms with Crippen LogP contribution in [0.2, 0.25) is 0 Å². The molecule has 3 heterocycles. The third kappa shape index (κ3) is 6.19. The maximum Gasteiger partial charge on any atom is 0.124 e. The van der Waals surface area contributed by atoms with Crippen LogP contribution < -0.4 is 14.4 Å². The lowest BCUT2D eigenvalue weighted by molar-refractivity contribution is 0.336. The molecule has 0 saturated carbocycles. The zero-order valence-corrected chi connectivity index (χ0v) is 23.4. The number of halogens is 1. The smallest absolute Gasteiger partial charge is 0.124 e. The van der Waals surface area contributed by atoms with Gasteiger partial charge in [-0.15, -0.1) is 12.4 Å². The fraction of sp³-hybridized carbons (Fsp3) is 0.414. The Morgan fingerprint density at radius 2 is 1.66 bits per heavy atom. The molecule has 9 heteroatoms. The maximum absolute atomic E-state index is 5.58. The van der Waals surface area contributed by atoms with Gasteiger partial charge in [0.2, 0.25) is 0 Å². The number of likely N-dealkylation sites (tertiary alicyclic amines) is 1. The number of methoxy groups -OCH3 is 2. The number of nitrogens with zero attached hydrogens (tertiary/aromatic N) is 6. The summed E-state index contributed by atoms with van der Waals surface area (Å²) in [6.07, 6.45) is 9.36. The van der Waals surface area contributed by atoms with Gasteiger partial charge in [0.15, 0.2) is 0 Å². The Balaban J connectivity index is 0.00000336. The summed E-state index contributed by atoms with van der Waals surface area (Å²) in [5.41, 5.74) is 5.59. The molecule has 1 aliphatic heterocycles. The van der Waals surface area contributed by atoms with Crippen LogP contribution in [0.1, 0.15) is 39.2 Å². The predicted molar refractivity (Wildman–Crippen MR) is 155 cm³/mol. The number of ether oxygens (including phenoxy) is 2. The van der Waals surface area contributed by atoms with E-state index in [0.29, 0.717) is 6.04 Å². The highest BCUT2D eigenvalue weighted by atomic mass is 35.5. The average molecular weight is 537 g/mol. The Kier molecular flexibility index (Phi) is 9.07. The van der Waals surface area contributed by atoms with E-state index in [1.165, 1.54) is 25.9 Å². The number of rotatable bonds is 10. The summed E-state index contributed by atoms with van der Waals surface area (Å²) >= 11 is 0. The Morgan fingerprint density at radius 3 is 2.32 bits per heavy atom. The van der Waals surface area contributed by atoms with Crippen LogP contribution in [0.15, 0.2) is 55.0 Å². The number of fused-ring (bicyclic) bond motifs is 1. The summed E-state index contributed by atoms with van der Waals surface area (Å²) in [6.45, 7) is 8.59. The first-order valence-electron chi connectivity index (χ1n) is 13.1. The van der Waals surface area contributed by atoms with E-state index in [9.17, 15) is 0 Å². The van der Waals surface area contributed by atoms with E-state index in [1.54, 1.807) is 14.2 Å². The van der Waals surface area contributed by atoms with E-state index in [0.717, 1.165) is 64.7 Å². The highest BCUT2D eigenvalue weighted by Gasteiger charge is 2.17. The lowest BCUT2D eigenvalue weighted by atomic mass is 10.1. The lowest BCUT2D eigenvalue weighted by Crippen LogP contribution is -2.26. The molecule has 38 heavy (non-hydrogen) atoms. The zero-order chi connectivity index (χ0) is 25.8. The highest BCUT2D eigenvalue weighted by Crippen LogP contribution is 2.34. The SMILES string of the molecule is COc1cc(OC)cc(N(CCCN2CCCC2)c2ccc3ncc(-c4cnn(C(C)C)c4)nc3c2)c1.Cl. The largest absolute Gasteiger partial charge is 0.497 e. The molecular formula is C29H37ClN6O2. The molecule has 0 amide bonds. The molecule has 1 aliphatic rings. The Bertz CT molecular complexity index is 1330. The van der Waals surface area contributed by atoms with Crippen LogP contribution in [-0.2, 0) is 0 Å². The van der Waals surface area contributed by atoms with Crippen LogP contribution in [0.5, 0.6) is 11.5 Å². The van der Waals surface area contributed by atoms with Gasteiger partial charge in [0.05, 0.1) is 43.3 Å². The van der Waals surface area contributed by atoms with Crippen LogP contribution in [0.4, 0.5) is 11.4 Å². The van der Waals surface area contributed by atoms with E-state index >= 15 is 0 Å². The van der Waals surface area contributed by atoms with Crippen LogP contribution in [0, 0.1) is 0 Å². The first-order chi connectivity index (χ1) is 18.0. The Morgan fingerprint density at radius 1 is 0.921 bits per heavy atom. The molecule has 0 radical (unpaired) electrons. The van der Waals surface area contributed by atoms with Crippen molar-refractivity contribution < 1.29 is 9.47 Å². The minimum absolute atomic E-state index is 0. The summed E-state index contributed by atoms with van der Waals surface area (Å²) in [5, 5.41) is 4.47. The van der Waals surface area contributed by atoms with Gasteiger partial charge in [0.25, 0.3) is 0 Å². The molecule has 2 aromatic carbocycles. The summed E-state index contributed by atoms with van der Waals surface area (Å²) in [7, 11) is 3.37. The van der Waals surface area contributed by atoms with E-state index in [1.807, 2.05) is 35.4 Å². The van der Waals surface area contributed by atoms with Crippen molar-refractivity contribution in [1.29, 1.82) is 0 Å². The van der Waals surface area contributed by atoms with Crippen LogP contribution >= 0.6 is 12.4 Å². The topological polar surface area (TPSA) is 68.5 Å². The Labute approximate surface area is 231 Å². The quantitative estimate of drug-likeness (QED) is 0.241. The van der Waals surface area contributed by atoms with Gasteiger partial charge in [-0.1, -0.05) is 0 Å². The van der Waals surface area contributed by atoms with E-state index < -0.39 is 0 Å². The van der Waals surface area contributed by atoms with Crippen molar-refractivity contribution in [3.63, 3.8) is 0 Å². The normalized spacial score (nSPS) is 13.6. The standard InChI is InChI=1S/C29H36N6O2.ClH/c1-21(2)35-20-22(18-31-35)29-19-30-27-9-8-23(16-28(27)32-29)34(13-7-12-33-10-5-6-11-33)24-14-25(36-3)17-26(15-24)37-4;/h8-9,14-21H,5-7,10-13H2,1-4H3;1H. The molecule has 5 rings (SSSR count). The second kappa shape index (κ2) is 12.5. The fourth-order valence-corrected chi connectivity index (χ4v) is 4.87. The van der Waals surface area contributed by atoms with Gasteiger partial charge >= 0.3 is 0 Å². The summed E-state index contributed by atoms with van der Waals surface area (Å²) in [5.74, 6) is 1.54. The third-order valence-corrected chi connectivity index (χ3v) is 6.97. The molecular weight excluding hydrogens is 500 g/mol. The monoisotopic (exact) mass is 536 g/mol. The number of aromatic nitrogens is 4. The van der Waals surface area contributed by atoms with Gasteiger partial charge in [-0.25, -0.2) is 4.98 Å². The van der Waals surface area contributed by atoms with Crippen molar-refractivity contribution >= 4 is 34.8 Å². The molecule has 2 aromatic heterocycles. The van der Waals surface area contributed by atoms with E-state index in [4.69, 9.17) is 14.5 Å². The first kappa shape index (κ1) is 27.7. The van der Waals surface area contributed by atoms with Gasteiger partial charge in [-0.2, -0.15) is 5.10 Å². The fourth-order valence-electron chi connectivity index (χ4n) is 4.87. The lowest BCUT2D eigenvalue weighted by Gasteiger charge is -2.27. The average Bonchev–Trinajstić information content (AvgIpc) is 3.63. The molecule has 8 nitrogen and oxygen atoms in total. The van der Waals surface area contributed by atoms with Gasteiger partial charge in [-0.3, -0.25) is 9.67 Å². The van der Waals surface area contributed by atoms with Gasteiger partial charge < -0.3 is 19.3 Å². The third-order valence-electron chi connectivity index (χ3n) is 6.97. The van der Waals surface area contributed by atoms with Crippen LogP contribution in [-0.4, -0.2) is 65.0 Å². The van der Waals surface area contributed by atoms with Crippen molar-refractivity contribution in [3.8, 4) is 22.8 Å². The molecule has 0 aliphatic carbocycles. The molecule has 1 saturated heterocycles.